The number of carbonyl (C=O) groups is 2. The summed E-state index contributed by atoms with van der Waals surface area (Å²) in [7, 11) is 0. The van der Waals surface area contributed by atoms with Gasteiger partial charge >= 0.3 is 0 Å². The van der Waals surface area contributed by atoms with Crippen molar-refractivity contribution in [3.63, 3.8) is 0 Å². The molecule has 2 aromatic heterocycles. The number of anilines is 1. The van der Waals surface area contributed by atoms with Crippen molar-refractivity contribution in [3.8, 4) is 11.5 Å². The number of para-hydroxylation sites is 1. The number of nitrogens with one attached hydrogen (secondary N) is 2. The van der Waals surface area contributed by atoms with Gasteiger partial charge in [0.25, 0.3) is 11.8 Å². The minimum atomic E-state index is -0.292. The number of furan rings is 1. The number of carbonyl (C=O) groups excluding carboxylic acids is 2. The number of aromatic nitrogens is 2. The summed E-state index contributed by atoms with van der Waals surface area (Å²) in [4.78, 5) is 26.9. The van der Waals surface area contributed by atoms with Crippen molar-refractivity contribution in [2.45, 2.75) is 13.1 Å². The average molecular weight is 414 g/mol. The van der Waals surface area contributed by atoms with Crippen molar-refractivity contribution in [1.29, 1.82) is 0 Å². The number of amides is 2. The van der Waals surface area contributed by atoms with Crippen molar-refractivity contribution in [2.75, 3.05) is 5.32 Å². The predicted molar refractivity (Wildman–Crippen MR) is 112 cm³/mol. The molecule has 31 heavy (non-hydrogen) atoms. The molecule has 3 heterocycles. The molecule has 0 spiro atoms. The number of benzene rings is 2. The fourth-order valence-electron chi connectivity index (χ4n) is 3.43. The van der Waals surface area contributed by atoms with Crippen LogP contribution in [0.5, 0.6) is 11.5 Å². The normalized spacial score (nSPS) is 12.5. The smallest absolute Gasteiger partial charge is 0.257 e. The highest BCUT2D eigenvalue weighted by atomic mass is 16.5. The van der Waals surface area contributed by atoms with Gasteiger partial charge in [-0.1, -0.05) is 18.2 Å². The van der Waals surface area contributed by atoms with E-state index < -0.39 is 0 Å². The van der Waals surface area contributed by atoms with Crippen LogP contribution in [0.25, 0.3) is 0 Å². The third-order valence-electron chi connectivity index (χ3n) is 5.03. The molecule has 1 aliphatic heterocycles. The molecule has 0 unspecified atom stereocenters. The molecule has 0 saturated heterocycles. The van der Waals surface area contributed by atoms with Crippen LogP contribution in [0.15, 0.2) is 77.6 Å². The van der Waals surface area contributed by atoms with E-state index in [-0.39, 0.29) is 11.8 Å². The SMILES string of the molecule is O=C(Nc1n[nH]c2c1CN(C(=O)c1ccoc1)C2)c1ccc(Oc2ccccc2)cc1. The Morgan fingerprint density at radius 3 is 2.48 bits per heavy atom. The molecule has 5 rings (SSSR count). The van der Waals surface area contributed by atoms with Crippen LogP contribution < -0.4 is 10.1 Å². The summed E-state index contributed by atoms with van der Waals surface area (Å²) in [6.45, 7) is 0.753. The molecule has 4 aromatic rings. The van der Waals surface area contributed by atoms with Crippen molar-refractivity contribution < 1.29 is 18.7 Å². The highest BCUT2D eigenvalue weighted by Crippen LogP contribution is 2.29. The number of aromatic amines is 1. The highest BCUT2D eigenvalue weighted by molar-refractivity contribution is 6.04. The van der Waals surface area contributed by atoms with Gasteiger partial charge in [-0.15, -0.1) is 0 Å². The molecular formula is C23H18N4O4. The topological polar surface area (TPSA) is 100 Å². The van der Waals surface area contributed by atoms with Crippen molar-refractivity contribution in [3.05, 3.63) is 95.6 Å². The van der Waals surface area contributed by atoms with Crippen LogP contribution >= 0.6 is 0 Å². The van der Waals surface area contributed by atoms with Gasteiger partial charge in [-0.2, -0.15) is 5.10 Å². The first kappa shape index (κ1) is 18.7. The number of nitrogens with zero attached hydrogens (tertiary/aromatic N) is 2. The van der Waals surface area contributed by atoms with Crippen molar-refractivity contribution in [1.82, 2.24) is 15.1 Å². The van der Waals surface area contributed by atoms with Crippen LogP contribution in [0.4, 0.5) is 5.82 Å². The second-order valence-corrected chi connectivity index (χ2v) is 7.10. The standard InChI is InChI=1S/C23H18N4O4/c28-22(15-6-8-18(9-7-15)31-17-4-2-1-3-5-17)24-21-19-12-27(13-20(19)25-26-21)23(29)16-10-11-30-14-16/h1-11,14H,12-13H2,(H2,24,25,26,28). The zero-order valence-corrected chi connectivity index (χ0v) is 16.4. The third-order valence-corrected chi connectivity index (χ3v) is 5.03. The summed E-state index contributed by atoms with van der Waals surface area (Å²) in [5.41, 5.74) is 2.57. The van der Waals surface area contributed by atoms with Crippen LogP contribution in [0.2, 0.25) is 0 Å². The number of fused-ring (bicyclic) bond motifs is 1. The number of hydrogen-bond acceptors (Lipinski definition) is 5. The summed E-state index contributed by atoms with van der Waals surface area (Å²) in [5.74, 6) is 1.36. The minimum absolute atomic E-state index is 0.135. The van der Waals surface area contributed by atoms with E-state index in [1.807, 2.05) is 30.3 Å². The van der Waals surface area contributed by atoms with E-state index in [0.29, 0.717) is 35.8 Å². The Bertz CT molecular complexity index is 1210. The Hall–Kier alpha value is -4.33. The van der Waals surface area contributed by atoms with E-state index in [0.717, 1.165) is 17.0 Å². The quantitative estimate of drug-likeness (QED) is 0.510. The van der Waals surface area contributed by atoms with Gasteiger partial charge < -0.3 is 19.4 Å². The lowest BCUT2D eigenvalue weighted by Gasteiger charge is -2.14. The molecule has 2 amide bonds. The second kappa shape index (κ2) is 7.83. The minimum Gasteiger partial charge on any atom is -0.472 e. The summed E-state index contributed by atoms with van der Waals surface area (Å²) >= 11 is 0. The molecule has 0 aliphatic carbocycles. The van der Waals surface area contributed by atoms with Crippen LogP contribution in [-0.2, 0) is 13.1 Å². The highest BCUT2D eigenvalue weighted by Gasteiger charge is 2.29. The largest absolute Gasteiger partial charge is 0.472 e. The van der Waals surface area contributed by atoms with E-state index >= 15 is 0 Å². The van der Waals surface area contributed by atoms with Crippen molar-refractivity contribution >= 4 is 17.6 Å². The van der Waals surface area contributed by atoms with Gasteiger partial charge in [0.15, 0.2) is 5.82 Å². The lowest BCUT2D eigenvalue weighted by atomic mass is 10.2. The second-order valence-electron chi connectivity index (χ2n) is 7.10. The zero-order valence-electron chi connectivity index (χ0n) is 16.4. The first-order valence-electron chi connectivity index (χ1n) is 9.69. The maximum atomic E-state index is 12.7. The van der Waals surface area contributed by atoms with Gasteiger partial charge in [-0.25, -0.2) is 0 Å². The predicted octanol–water partition coefficient (Wildman–Crippen LogP) is 4.20. The Labute approximate surface area is 177 Å². The third kappa shape index (κ3) is 3.78. The van der Waals surface area contributed by atoms with Gasteiger partial charge in [0, 0.05) is 11.1 Å². The molecule has 8 heteroatoms. The average Bonchev–Trinajstić information content (AvgIpc) is 3.54. The number of ether oxygens (including phenoxy) is 1. The van der Waals surface area contributed by atoms with E-state index in [4.69, 9.17) is 9.15 Å². The summed E-state index contributed by atoms with van der Waals surface area (Å²) in [6.07, 6.45) is 2.88. The monoisotopic (exact) mass is 414 g/mol. The lowest BCUT2D eigenvalue weighted by Crippen LogP contribution is -2.25. The van der Waals surface area contributed by atoms with E-state index in [1.165, 1.54) is 12.5 Å². The molecule has 1 aliphatic rings. The summed E-state index contributed by atoms with van der Waals surface area (Å²) in [5, 5.41) is 9.93. The molecule has 0 fully saturated rings. The maximum Gasteiger partial charge on any atom is 0.257 e. The fraction of sp³-hybridized carbons (Fsp3) is 0.0870. The van der Waals surface area contributed by atoms with Crippen LogP contribution in [0.1, 0.15) is 32.0 Å². The van der Waals surface area contributed by atoms with Crippen LogP contribution in [0, 0.1) is 0 Å². The Balaban J connectivity index is 1.25. The molecule has 0 atom stereocenters. The van der Waals surface area contributed by atoms with Gasteiger partial charge in [0.1, 0.15) is 17.8 Å². The Morgan fingerprint density at radius 1 is 0.968 bits per heavy atom. The fourth-order valence-corrected chi connectivity index (χ4v) is 3.43. The number of hydrogen-bond donors (Lipinski definition) is 2. The Morgan fingerprint density at radius 2 is 1.74 bits per heavy atom. The lowest BCUT2D eigenvalue weighted by molar-refractivity contribution is 0.0749. The maximum absolute atomic E-state index is 12.7. The summed E-state index contributed by atoms with van der Waals surface area (Å²) < 4.78 is 10.7. The van der Waals surface area contributed by atoms with Gasteiger partial charge in [-0.3, -0.25) is 14.7 Å². The van der Waals surface area contributed by atoms with E-state index in [9.17, 15) is 9.59 Å². The molecule has 8 nitrogen and oxygen atoms in total. The van der Waals surface area contributed by atoms with Gasteiger partial charge in [0.05, 0.1) is 30.6 Å². The van der Waals surface area contributed by atoms with Gasteiger partial charge in [-0.05, 0) is 42.5 Å². The first-order chi connectivity index (χ1) is 15.2. The van der Waals surface area contributed by atoms with Gasteiger partial charge in [0.2, 0.25) is 0 Å². The molecule has 2 aromatic carbocycles. The van der Waals surface area contributed by atoms with Crippen molar-refractivity contribution in [2.24, 2.45) is 0 Å². The number of H-pyrrole nitrogens is 1. The van der Waals surface area contributed by atoms with E-state index in [1.54, 1.807) is 35.2 Å². The van der Waals surface area contributed by atoms with Crippen LogP contribution in [-0.4, -0.2) is 26.9 Å². The molecular weight excluding hydrogens is 396 g/mol. The zero-order chi connectivity index (χ0) is 21.2. The number of rotatable bonds is 5. The molecule has 154 valence electrons. The van der Waals surface area contributed by atoms with Crippen LogP contribution in [0.3, 0.4) is 0 Å². The Kier molecular flexibility index (Phi) is 4.72. The molecule has 0 radical (unpaired) electrons. The molecule has 0 saturated carbocycles. The molecule has 2 N–H and O–H groups in total. The summed E-state index contributed by atoms with van der Waals surface area (Å²) in [6, 6.07) is 17.9. The first-order valence-corrected chi connectivity index (χ1v) is 9.69. The van der Waals surface area contributed by atoms with E-state index in [2.05, 4.69) is 15.5 Å². The molecule has 0 bridgehead atoms.